The molecule has 1 aliphatic heterocycles. The van der Waals surface area contributed by atoms with Gasteiger partial charge in [-0.05, 0) is 125 Å². The van der Waals surface area contributed by atoms with E-state index in [2.05, 4.69) is 153 Å². The van der Waals surface area contributed by atoms with Crippen LogP contribution in [0.5, 0.6) is 11.5 Å². The first-order chi connectivity index (χ1) is 29.7. The van der Waals surface area contributed by atoms with Crippen molar-refractivity contribution in [3.63, 3.8) is 0 Å². The first-order valence-electron chi connectivity index (χ1n) is 21.8. The summed E-state index contributed by atoms with van der Waals surface area (Å²) in [6.45, 7) is 13.3. The summed E-state index contributed by atoms with van der Waals surface area (Å²) < 4.78 is 23.6. The Morgan fingerprint density at radius 1 is 0.694 bits per heavy atom. The molecule has 0 radical (unpaired) electrons. The second-order valence-electron chi connectivity index (χ2n) is 17.4. The van der Waals surface area contributed by atoms with Crippen molar-refractivity contribution in [3.8, 4) is 28.4 Å². The Kier molecular flexibility index (Phi) is 11.6. The molecule has 1 saturated carbocycles. The summed E-state index contributed by atoms with van der Waals surface area (Å²) in [5.41, 5.74) is 13.0. The largest absolute Gasteiger partial charge is 0.509 e. The minimum Gasteiger partial charge on any atom is -0.509 e. The van der Waals surface area contributed by atoms with Crippen molar-refractivity contribution in [2.24, 2.45) is 0 Å². The standard InChI is InChI=1S/C55H50FN4O.Pt/c1-35(2)48-30-41(39-16-13-17-42(56)27-39)31-49(36(3)4)55(48)59-34-58(51-20-11-12-21-52(51)59)43-28-40(38-14-7-6-8-15-38)29-45(32-43)61-44-22-23-47-46-18-9-10-19-50(46)60(53(47)33-44)54-26-37(5)24-25-57-54;/h9-13,16-31,34-36,38H,6-8,14-15H2,1-5H3;/q-3;. The molecule has 2 aromatic heterocycles. The van der Waals surface area contributed by atoms with Gasteiger partial charge in [-0.1, -0.05) is 94.9 Å². The van der Waals surface area contributed by atoms with Crippen LogP contribution in [0.3, 0.4) is 0 Å². The number of fused-ring (bicyclic) bond motifs is 4. The zero-order chi connectivity index (χ0) is 41.8. The van der Waals surface area contributed by atoms with Gasteiger partial charge in [0.15, 0.2) is 0 Å². The molecule has 62 heavy (non-hydrogen) atoms. The normalized spacial score (nSPS) is 14.3. The van der Waals surface area contributed by atoms with Gasteiger partial charge in [0, 0.05) is 61.3 Å². The minimum atomic E-state index is -0.229. The molecule has 3 heterocycles. The fraction of sp³-hybridized carbons (Fsp3) is 0.236. The first kappa shape index (κ1) is 41.6. The maximum atomic E-state index is 14.5. The molecule has 0 amide bonds. The Hall–Kier alpha value is -5.71. The fourth-order valence-electron chi connectivity index (χ4n) is 9.49. The van der Waals surface area contributed by atoms with Crippen LogP contribution in [0.25, 0.3) is 38.8 Å². The summed E-state index contributed by atoms with van der Waals surface area (Å²) in [6.07, 6.45) is 7.91. The van der Waals surface area contributed by atoms with E-state index >= 15 is 0 Å². The van der Waals surface area contributed by atoms with E-state index in [9.17, 15) is 4.39 Å². The van der Waals surface area contributed by atoms with Crippen molar-refractivity contribution in [2.75, 3.05) is 9.80 Å². The second-order valence-corrected chi connectivity index (χ2v) is 17.4. The van der Waals surface area contributed by atoms with Gasteiger partial charge in [-0.15, -0.1) is 53.6 Å². The minimum absolute atomic E-state index is 0. The third-order valence-electron chi connectivity index (χ3n) is 12.5. The molecule has 6 aromatic carbocycles. The van der Waals surface area contributed by atoms with E-state index in [-0.39, 0.29) is 38.7 Å². The summed E-state index contributed by atoms with van der Waals surface area (Å²) in [5, 5.41) is 2.25. The molecule has 0 bridgehead atoms. The zero-order valence-electron chi connectivity index (χ0n) is 35.9. The van der Waals surface area contributed by atoms with Crippen LogP contribution < -0.4 is 14.5 Å². The Morgan fingerprint density at radius 2 is 1.42 bits per heavy atom. The number of nitrogens with zero attached hydrogens (tertiary/aromatic N) is 4. The predicted molar refractivity (Wildman–Crippen MR) is 248 cm³/mol. The van der Waals surface area contributed by atoms with Crippen LogP contribution in [-0.2, 0) is 21.1 Å². The average molecular weight is 997 g/mol. The number of ether oxygens (including phenoxy) is 1. The van der Waals surface area contributed by atoms with E-state index in [0.29, 0.717) is 17.4 Å². The maximum absolute atomic E-state index is 14.5. The SMILES string of the molecule is Cc1ccnc(-n2c3[c-]c(Oc4[c-]c(N5[CH-]N(c6c(C(C)C)cc(-c7cccc(F)c7)cc6C(C)C)c6ccccc65)cc(C5CCCCC5)c4)ccc3c3ccccc32)c1.[Pt]. The van der Waals surface area contributed by atoms with Crippen LogP contribution in [0.1, 0.15) is 99.8 Å². The molecule has 5 nitrogen and oxygen atoms in total. The van der Waals surface area contributed by atoms with Gasteiger partial charge in [-0.25, -0.2) is 9.37 Å². The van der Waals surface area contributed by atoms with Gasteiger partial charge in [0.1, 0.15) is 11.6 Å². The molecule has 8 aromatic rings. The van der Waals surface area contributed by atoms with Crippen molar-refractivity contribution >= 4 is 44.6 Å². The van der Waals surface area contributed by atoms with Gasteiger partial charge in [-0.3, -0.25) is 0 Å². The van der Waals surface area contributed by atoms with Crippen LogP contribution in [-0.4, -0.2) is 9.55 Å². The van der Waals surface area contributed by atoms with E-state index in [4.69, 9.17) is 9.72 Å². The van der Waals surface area contributed by atoms with Crippen molar-refractivity contribution in [2.45, 2.75) is 84.5 Å². The quantitative estimate of drug-likeness (QED) is 0.135. The molecular weight excluding hydrogens is 947 g/mol. The Balaban J connectivity index is 0.00000490. The Bertz CT molecular complexity index is 2900. The molecule has 0 unspecified atom stereocenters. The van der Waals surface area contributed by atoms with Gasteiger partial charge in [0.05, 0.1) is 0 Å². The smallest absolute Gasteiger partial charge is 0.135 e. The average Bonchev–Trinajstić information content (AvgIpc) is 3.82. The van der Waals surface area contributed by atoms with Crippen molar-refractivity contribution in [1.82, 2.24) is 9.55 Å². The molecule has 0 saturated heterocycles. The Labute approximate surface area is 379 Å². The molecular formula is C55H50FN4OPt-3. The fourth-order valence-corrected chi connectivity index (χ4v) is 9.49. The van der Waals surface area contributed by atoms with Gasteiger partial charge < -0.3 is 19.1 Å². The number of benzene rings is 6. The van der Waals surface area contributed by atoms with Crippen LogP contribution in [0.2, 0.25) is 0 Å². The predicted octanol–water partition coefficient (Wildman–Crippen LogP) is 15.4. The first-order valence-corrected chi connectivity index (χ1v) is 21.8. The summed E-state index contributed by atoms with van der Waals surface area (Å²) in [4.78, 5) is 9.42. The van der Waals surface area contributed by atoms with Crippen molar-refractivity contribution in [1.29, 1.82) is 0 Å². The molecule has 10 rings (SSSR count). The van der Waals surface area contributed by atoms with Crippen LogP contribution in [0.15, 0.2) is 128 Å². The van der Waals surface area contributed by atoms with Gasteiger partial charge in [0.2, 0.25) is 0 Å². The molecule has 2 aliphatic rings. The molecule has 0 spiro atoms. The molecule has 1 fully saturated rings. The van der Waals surface area contributed by atoms with E-state index in [1.807, 2.05) is 24.4 Å². The summed E-state index contributed by atoms with van der Waals surface area (Å²) in [7, 11) is 0. The second kappa shape index (κ2) is 17.2. The number of hydrogen-bond donors (Lipinski definition) is 0. The number of para-hydroxylation sites is 3. The molecule has 7 heteroatoms. The third kappa shape index (κ3) is 7.72. The van der Waals surface area contributed by atoms with Gasteiger partial charge >= 0.3 is 0 Å². The molecule has 0 N–H and O–H groups in total. The number of pyridine rings is 1. The van der Waals surface area contributed by atoms with E-state index in [1.54, 1.807) is 12.1 Å². The number of anilines is 4. The molecule has 316 valence electrons. The van der Waals surface area contributed by atoms with E-state index < -0.39 is 0 Å². The van der Waals surface area contributed by atoms with Crippen molar-refractivity contribution < 1.29 is 30.2 Å². The van der Waals surface area contributed by atoms with Crippen LogP contribution in [0.4, 0.5) is 27.1 Å². The summed E-state index contributed by atoms with van der Waals surface area (Å²) in [6, 6.07) is 48.7. The van der Waals surface area contributed by atoms with E-state index in [1.165, 1.54) is 47.7 Å². The van der Waals surface area contributed by atoms with E-state index in [0.717, 1.165) is 74.2 Å². The number of aryl methyl sites for hydroxylation is 1. The number of hydrogen-bond acceptors (Lipinski definition) is 4. The monoisotopic (exact) mass is 996 g/mol. The zero-order valence-corrected chi connectivity index (χ0v) is 38.1. The van der Waals surface area contributed by atoms with Crippen LogP contribution >= 0.6 is 0 Å². The topological polar surface area (TPSA) is 33.5 Å². The molecule has 0 atom stereocenters. The third-order valence-corrected chi connectivity index (χ3v) is 12.5. The summed E-state index contributed by atoms with van der Waals surface area (Å²) in [5.74, 6) is 2.78. The molecule has 1 aliphatic carbocycles. The van der Waals surface area contributed by atoms with Gasteiger partial charge in [0.25, 0.3) is 0 Å². The number of rotatable bonds is 9. The summed E-state index contributed by atoms with van der Waals surface area (Å²) >= 11 is 0. The number of halogens is 1. The van der Waals surface area contributed by atoms with Gasteiger partial charge in [-0.2, -0.15) is 6.07 Å². The Morgan fingerprint density at radius 3 is 2.15 bits per heavy atom. The number of aromatic nitrogens is 2. The van der Waals surface area contributed by atoms with Crippen molar-refractivity contribution in [3.05, 3.63) is 174 Å². The maximum Gasteiger partial charge on any atom is 0.135 e. The van der Waals surface area contributed by atoms with Crippen LogP contribution in [0, 0.1) is 31.5 Å².